The highest BCUT2D eigenvalue weighted by atomic mass is 16.2. The fourth-order valence-corrected chi connectivity index (χ4v) is 2.78. The van der Waals surface area contributed by atoms with Crippen LogP contribution in [-0.4, -0.2) is 42.9 Å². The van der Waals surface area contributed by atoms with Gasteiger partial charge in [-0.15, -0.1) is 0 Å². The number of anilines is 2. The fourth-order valence-electron chi connectivity index (χ4n) is 2.78. The van der Waals surface area contributed by atoms with E-state index >= 15 is 0 Å². The van der Waals surface area contributed by atoms with E-state index in [9.17, 15) is 9.59 Å². The smallest absolute Gasteiger partial charge is 0.224 e. The normalized spacial score (nSPS) is 15.0. The fraction of sp³-hybridized carbons (Fsp3) is 0.556. The maximum Gasteiger partial charge on any atom is 0.224 e. The standard InChI is InChI=1S/C18H27N3O2/c1-4-18(23)21-11-9-20(10-12-21)16-7-5-15(6-8-16)19-17(22)13-14(2)3/h5-8,14H,4,9-13H2,1-3H3,(H,19,22). The van der Waals surface area contributed by atoms with Crippen LogP contribution in [0.1, 0.15) is 33.6 Å². The molecule has 2 rings (SSSR count). The molecule has 0 unspecified atom stereocenters. The molecule has 0 atom stereocenters. The first kappa shape index (κ1) is 17.3. The van der Waals surface area contributed by atoms with Crippen molar-refractivity contribution in [2.45, 2.75) is 33.6 Å². The van der Waals surface area contributed by atoms with Gasteiger partial charge in [0.05, 0.1) is 0 Å². The number of piperazine rings is 1. The van der Waals surface area contributed by atoms with Crippen molar-refractivity contribution >= 4 is 23.2 Å². The van der Waals surface area contributed by atoms with Crippen LogP contribution in [0.2, 0.25) is 0 Å². The first-order valence-corrected chi connectivity index (χ1v) is 8.42. The van der Waals surface area contributed by atoms with E-state index < -0.39 is 0 Å². The Morgan fingerprint density at radius 2 is 1.70 bits per heavy atom. The number of nitrogens with one attached hydrogen (secondary N) is 1. The van der Waals surface area contributed by atoms with Crippen LogP contribution in [0.25, 0.3) is 0 Å². The molecule has 1 aliphatic heterocycles. The molecule has 1 aromatic rings. The van der Waals surface area contributed by atoms with Crippen molar-refractivity contribution in [3.8, 4) is 0 Å². The van der Waals surface area contributed by atoms with E-state index in [0.717, 1.165) is 37.6 Å². The van der Waals surface area contributed by atoms with Crippen molar-refractivity contribution in [2.75, 3.05) is 36.4 Å². The Morgan fingerprint density at radius 1 is 1.09 bits per heavy atom. The van der Waals surface area contributed by atoms with E-state index in [2.05, 4.69) is 10.2 Å². The van der Waals surface area contributed by atoms with Crippen molar-refractivity contribution in [1.29, 1.82) is 0 Å². The highest BCUT2D eigenvalue weighted by Gasteiger charge is 2.20. The Balaban J connectivity index is 1.88. The number of carbonyl (C=O) groups is 2. The van der Waals surface area contributed by atoms with Crippen LogP contribution in [0.4, 0.5) is 11.4 Å². The lowest BCUT2D eigenvalue weighted by Gasteiger charge is -2.36. The lowest BCUT2D eigenvalue weighted by atomic mass is 10.1. The quantitative estimate of drug-likeness (QED) is 0.908. The largest absolute Gasteiger partial charge is 0.368 e. The summed E-state index contributed by atoms with van der Waals surface area (Å²) in [4.78, 5) is 27.7. The Morgan fingerprint density at radius 3 is 2.22 bits per heavy atom. The molecule has 1 aromatic carbocycles. The summed E-state index contributed by atoms with van der Waals surface area (Å²) >= 11 is 0. The van der Waals surface area contributed by atoms with E-state index in [1.165, 1.54) is 0 Å². The molecular formula is C18H27N3O2. The zero-order chi connectivity index (χ0) is 16.8. The lowest BCUT2D eigenvalue weighted by molar-refractivity contribution is -0.131. The second kappa shape index (κ2) is 7.99. The zero-order valence-electron chi connectivity index (χ0n) is 14.3. The molecule has 5 heteroatoms. The Hall–Kier alpha value is -2.04. The monoisotopic (exact) mass is 317 g/mol. The van der Waals surface area contributed by atoms with Crippen LogP contribution in [0.15, 0.2) is 24.3 Å². The van der Waals surface area contributed by atoms with Crippen molar-refractivity contribution < 1.29 is 9.59 Å². The maximum atomic E-state index is 11.8. The van der Waals surface area contributed by atoms with Crippen LogP contribution in [0.3, 0.4) is 0 Å². The molecule has 1 fully saturated rings. The van der Waals surface area contributed by atoms with Crippen molar-refractivity contribution in [3.05, 3.63) is 24.3 Å². The maximum absolute atomic E-state index is 11.8. The number of hydrogen-bond donors (Lipinski definition) is 1. The van der Waals surface area contributed by atoms with Crippen LogP contribution in [0.5, 0.6) is 0 Å². The van der Waals surface area contributed by atoms with E-state index in [1.54, 1.807) is 0 Å². The molecule has 126 valence electrons. The number of hydrogen-bond acceptors (Lipinski definition) is 3. The average Bonchev–Trinajstić information content (AvgIpc) is 2.54. The summed E-state index contributed by atoms with van der Waals surface area (Å²) in [5.74, 6) is 0.642. The van der Waals surface area contributed by atoms with Gasteiger partial charge in [0, 0.05) is 50.4 Å². The van der Waals surface area contributed by atoms with Gasteiger partial charge in [-0.2, -0.15) is 0 Å². The van der Waals surface area contributed by atoms with Gasteiger partial charge < -0.3 is 15.1 Å². The topological polar surface area (TPSA) is 52.7 Å². The summed E-state index contributed by atoms with van der Waals surface area (Å²) in [5.41, 5.74) is 1.97. The third-order valence-corrected chi connectivity index (χ3v) is 4.04. The van der Waals surface area contributed by atoms with Gasteiger partial charge in [0.25, 0.3) is 0 Å². The summed E-state index contributed by atoms with van der Waals surface area (Å²) in [7, 11) is 0. The number of benzene rings is 1. The van der Waals surface area contributed by atoms with Gasteiger partial charge in [0.1, 0.15) is 0 Å². The van der Waals surface area contributed by atoms with Gasteiger partial charge in [0.2, 0.25) is 11.8 Å². The molecule has 1 aliphatic rings. The number of nitrogens with zero attached hydrogens (tertiary/aromatic N) is 2. The van der Waals surface area contributed by atoms with Crippen molar-refractivity contribution in [3.63, 3.8) is 0 Å². The van der Waals surface area contributed by atoms with Gasteiger partial charge in [-0.3, -0.25) is 9.59 Å². The third kappa shape index (κ3) is 4.98. The van der Waals surface area contributed by atoms with Crippen LogP contribution in [-0.2, 0) is 9.59 Å². The predicted molar refractivity (Wildman–Crippen MR) is 93.6 cm³/mol. The summed E-state index contributed by atoms with van der Waals surface area (Å²) in [6.45, 7) is 9.23. The van der Waals surface area contributed by atoms with Gasteiger partial charge in [-0.1, -0.05) is 20.8 Å². The zero-order valence-corrected chi connectivity index (χ0v) is 14.3. The highest BCUT2D eigenvalue weighted by molar-refractivity contribution is 5.91. The van der Waals surface area contributed by atoms with Gasteiger partial charge in [-0.05, 0) is 30.2 Å². The molecule has 1 heterocycles. The number of rotatable bonds is 5. The SMILES string of the molecule is CCC(=O)N1CCN(c2ccc(NC(=O)CC(C)C)cc2)CC1. The molecule has 0 aromatic heterocycles. The van der Waals surface area contributed by atoms with Crippen LogP contribution >= 0.6 is 0 Å². The Bertz CT molecular complexity index is 532. The minimum absolute atomic E-state index is 0.0550. The van der Waals surface area contributed by atoms with E-state index in [4.69, 9.17) is 0 Å². The molecule has 2 amide bonds. The molecule has 0 bridgehead atoms. The number of carbonyl (C=O) groups excluding carboxylic acids is 2. The van der Waals surface area contributed by atoms with E-state index in [0.29, 0.717) is 18.8 Å². The summed E-state index contributed by atoms with van der Waals surface area (Å²) in [6, 6.07) is 7.94. The van der Waals surface area contributed by atoms with Crippen molar-refractivity contribution in [2.24, 2.45) is 5.92 Å². The van der Waals surface area contributed by atoms with Crippen LogP contribution < -0.4 is 10.2 Å². The molecule has 0 radical (unpaired) electrons. The molecule has 0 aliphatic carbocycles. The average molecular weight is 317 g/mol. The summed E-state index contributed by atoms with van der Waals surface area (Å²) in [6.07, 6.45) is 1.11. The second-order valence-corrected chi connectivity index (χ2v) is 6.41. The lowest BCUT2D eigenvalue weighted by Crippen LogP contribution is -2.48. The van der Waals surface area contributed by atoms with Crippen molar-refractivity contribution in [1.82, 2.24) is 4.90 Å². The van der Waals surface area contributed by atoms with E-state index in [1.807, 2.05) is 49.9 Å². The van der Waals surface area contributed by atoms with Gasteiger partial charge >= 0.3 is 0 Å². The summed E-state index contributed by atoms with van der Waals surface area (Å²) < 4.78 is 0. The second-order valence-electron chi connectivity index (χ2n) is 6.41. The minimum Gasteiger partial charge on any atom is -0.368 e. The molecule has 1 saturated heterocycles. The first-order chi connectivity index (χ1) is 11.0. The van der Waals surface area contributed by atoms with E-state index in [-0.39, 0.29) is 11.8 Å². The molecule has 23 heavy (non-hydrogen) atoms. The molecule has 0 spiro atoms. The van der Waals surface area contributed by atoms with Crippen LogP contribution in [0, 0.1) is 5.92 Å². The first-order valence-electron chi connectivity index (χ1n) is 8.42. The minimum atomic E-state index is 0.0550. The summed E-state index contributed by atoms with van der Waals surface area (Å²) in [5, 5.41) is 2.92. The van der Waals surface area contributed by atoms with Gasteiger partial charge in [0.15, 0.2) is 0 Å². The molecular weight excluding hydrogens is 290 g/mol. The predicted octanol–water partition coefficient (Wildman–Crippen LogP) is 2.73. The molecule has 1 N–H and O–H groups in total. The van der Waals surface area contributed by atoms with Gasteiger partial charge in [-0.25, -0.2) is 0 Å². The molecule has 5 nitrogen and oxygen atoms in total. The highest BCUT2D eigenvalue weighted by Crippen LogP contribution is 2.20. The Kier molecular flexibility index (Phi) is 6.02. The number of amides is 2. The Labute approximate surface area is 138 Å². The molecule has 0 saturated carbocycles. The third-order valence-electron chi connectivity index (χ3n) is 4.04.